The third kappa shape index (κ3) is 3.44. The van der Waals surface area contributed by atoms with Crippen molar-refractivity contribution in [1.29, 1.82) is 0 Å². The second kappa shape index (κ2) is 6.33. The van der Waals surface area contributed by atoms with E-state index in [1.807, 2.05) is 35.7 Å². The smallest absolute Gasteiger partial charge is 0.1000 e. The number of aryl methyl sites for hydroxylation is 1. The van der Waals surface area contributed by atoms with E-state index < -0.39 is 0 Å². The molecule has 0 radical (unpaired) electrons. The van der Waals surface area contributed by atoms with E-state index in [1.54, 1.807) is 0 Å². The standard InChI is InChI=1S/C14H21NOS2/c1-10-4-6-11(7-5-10)13(16)14-17-8-12(9-18-14)15(2)3/h4-7,12-14,16H,8-9H2,1-3H3. The molecular weight excluding hydrogens is 262 g/mol. The van der Waals surface area contributed by atoms with Crippen LogP contribution in [0.5, 0.6) is 0 Å². The molecule has 0 saturated carbocycles. The zero-order valence-corrected chi connectivity index (χ0v) is 12.8. The third-order valence-corrected chi connectivity index (χ3v) is 6.46. The molecule has 0 bridgehead atoms. The molecule has 1 aromatic carbocycles. The SMILES string of the molecule is Cc1ccc(C(O)C2SCC(N(C)C)CS2)cc1. The van der Waals surface area contributed by atoms with E-state index in [9.17, 15) is 5.11 Å². The van der Waals surface area contributed by atoms with Gasteiger partial charge >= 0.3 is 0 Å². The van der Waals surface area contributed by atoms with Crippen molar-refractivity contribution in [2.45, 2.75) is 23.7 Å². The first kappa shape index (κ1) is 14.3. The molecule has 1 saturated heterocycles. The lowest BCUT2D eigenvalue weighted by molar-refractivity contribution is 0.195. The number of hydrogen-bond acceptors (Lipinski definition) is 4. The highest BCUT2D eigenvalue weighted by molar-refractivity contribution is 8.17. The van der Waals surface area contributed by atoms with Crippen LogP contribution >= 0.6 is 23.5 Å². The number of nitrogens with zero attached hydrogens (tertiary/aromatic N) is 1. The van der Waals surface area contributed by atoms with Gasteiger partial charge < -0.3 is 10.0 Å². The van der Waals surface area contributed by atoms with Gasteiger partial charge in [-0.05, 0) is 26.6 Å². The van der Waals surface area contributed by atoms with Crippen LogP contribution in [0, 0.1) is 6.92 Å². The number of hydrogen-bond donors (Lipinski definition) is 1. The molecule has 0 aliphatic carbocycles. The van der Waals surface area contributed by atoms with Gasteiger partial charge in [0.25, 0.3) is 0 Å². The molecule has 1 aromatic rings. The molecule has 0 spiro atoms. The van der Waals surface area contributed by atoms with Crippen LogP contribution in [0.25, 0.3) is 0 Å². The van der Waals surface area contributed by atoms with E-state index in [0.717, 1.165) is 17.1 Å². The van der Waals surface area contributed by atoms with Crippen molar-refractivity contribution >= 4 is 23.5 Å². The summed E-state index contributed by atoms with van der Waals surface area (Å²) in [5.41, 5.74) is 2.27. The summed E-state index contributed by atoms with van der Waals surface area (Å²) in [5.74, 6) is 2.21. The van der Waals surface area contributed by atoms with Gasteiger partial charge in [0, 0.05) is 17.5 Å². The van der Waals surface area contributed by atoms with Crippen molar-refractivity contribution < 1.29 is 5.11 Å². The zero-order valence-electron chi connectivity index (χ0n) is 11.2. The summed E-state index contributed by atoms with van der Waals surface area (Å²) in [6.07, 6.45) is -0.358. The van der Waals surface area contributed by atoms with Gasteiger partial charge in [-0.1, -0.05) is 29.8 Å². The minimum Gasteiger partial charge on any atom is -0.386 e. The molecule has 1 heterocycles. The molecule has 2 nitrogen and oxygen atoms in total. The summed E-state index contributed by atoms with van der Waals surface area (Å²) in [6.45, 7) is 2.07. The number of benzene rings is 1. The van der Waals surface area contributed by atoms with Gasteiger partial charge in [-0.2, -0.15) is 0 Å². The first-order valence-corrected chi connectivity index (χ1v) is 8.32. The van der Waals surface area contributed by atoms with Gasteiger partial charge in [-0.15, -0.1) is 23.5 Å². The molecule has 0 amide bonds. The lowest BCUT2D eigenvalue weighted by atomic mass is 10.1. The molecule has 2 rings (SSSR count). The molecule has 100 valence electrons. The van der Waals surface area contributed by atoms with Gasteiger partial charge in [0.15, 0.2) is 0 Å². The predicted molar refractivity (Wildman–Crippen MR) is 82.3 cm³/mol. The van der Waals surface area contributed by atoms with Gasteiger partial charge in [-0.25, -0.2) is 0 Å². The van der Waals surface area contributed by atoms with Crippen molar-refractivity contribution in [2.75, 3.05) is 25.6 Å². The van der Waals surface area contributed by atoms with Crippen molar-refractivity contribution in [1.82, 2.24) is 4.90 Å². The van der Waals surface area contributed by atoms with Crippen LogP contribution < -0.4 is 0 Å². The minimum absolute atomic E-state index is 0.268. The molecular formula is C14H21NOS2. The second-order valence-electron chi connectivity index (χ2n) is 5.01. The fourth-order valence-corrected chi connectivity index (χ4v) is 5.25. The Hall–Kier alpha value is -0.160. The summed E-state index contributed by atoms with van der Waals surface area (Å²) in [5, 5.41) is 10.4. The van der Waals surface area contributed by atoms with Crippen LogP contribution in [0.3, 0.4) is 0 Å². The lowest BCUT2D eigenvalue weighted by Gasteiger charge is -2.33. The van der Waals surface area contributed by atoms with Crippen molar-refractivity contribution in [2.24, 2.45) is 0 Å². The largest absolute Gasteiger partial charge is 0.386 e. The molecule has 1 unspecified atom stereocenters. The maximum absolute atomic E-state index is 10.4. The zero-order chi connectivity index (χ0) is 13.1. The Morgan fingerprint density at radius 3 is 2.22 bits per heavy atom. The molecule has 1 atom stereocenters. The summed E-state index contributed by atoms with van der Waals surface area (Å²) in [4.78, 5) is 2.27. The van der Waals surface area contributed by atoms with Crippen molar-refractivity contribution in [3.63, 3.8) is 0 Å². The molecule has 18 heavy (non-hydrogen) atoms. The Morgan fingerprint density at radius 2 is 1.72 bits per heavy atom. The number of aliphatic hydroxyl groups excluding tert-OH is 1. The molecule has 0 aromatic heterocycles. The average molecular weight is 283 g/mol. The first-order valence-electron chi connectivity index (χ1n) is 6.22. The quantitative estimate of drug-likeness (QED) is 0.921. The van der Waals surface area contributed by atoms with Gasteiger partial charge in [0.2, 0.25) is 0 Å². The maximum Gasteiger partial charge on any atom is 0.1000 e. The maximum atomic E-state index is 10.4. The molecule has 1 aliphatic rings. The normalized spacial score (nSPS) is 26.3. The monoisotopic (exact) mass is 283 g/mol. The number of rotatable bonds is 3. The van der Waals surface area contributed by atoms with Crippen LogP contribution in [0.4, 0.5) is 0 Å². The highest BCUT2D eigenvalue weighted by atomic mass is 32.2. The predicted octanol–water partition coefficient (Wildman–Crippen LogP) is 2.76. The molecule has 1 N–H and O–H groups in total. The van der Waals surface area contributed by atoms with Crippen molar-refractivity contribution in [3.05, 3.63) is 35.4 Å². The highest BCUT2D eigenvalue weighted by Crippen LogP contribution is 2.40. The van der Waals surface area contributed by atoms with Crippen LogP contribution in [-0.4, -0.2) is 46.2 Å². The van der Waals surface area contributed by atoms with Crippen LogP contribution in [0.2, 0.25) is 0 Å². The Labute approximate surface area is 118 Å². The summed E-state index contributed by atoms with van der Waals surface area (Å²) in [6, 6.07) is 8.85. The summed E-state index contributed by atoms with van der Waals surface area (Å²) in [7, 11) is 4.25. The lowest BCUT2D eigenvalue weighted by Crippen LogP contribution is -2.37. The number of aliphatic hydroxyl groups is 1. The summed E-state index contributed by atoms with van der Waals surface area (Å²) < 4.78 is 0.268. The van der Waals surface area contributed by atoms with Gasteiger partial charge in [0.1, 0.15) is 0 Å². The summed E-state index contributed by atoms with van der Waals surface area (Å²) >= 11 is 3.76. The molecule has 1 fully saturated rings. The Kier molecular flexibility index (Phi) is 5.01. The average Bonchev–Trinajstić information content (AvgIpc) is 2.39. The number of thioether (sulfide) groups is 2. The fraction of sp³-hybridized carbons (Fsp3) is 0.571. The van der Waals surface area contributed by atoms with Gasteiger partial charge in [-0.3, -0.25) is 0 Å². The van der Waals surface area contributed by atoms with Crippen molar-refractivity contribution in [3.8, 4) is 0 Å². The Bertz CT molecular complexity index is 372. The van der Waals surface area contributed by atoms with E-state index in [1.165, 1.54) is 5.56 Å². The minimum atomic E-state index is -0.358. The third-order valence-electron chi connectivity index (χ3n) is 3.31. The Balaban J connectivity index is 1.95. The van der Waals surface area contributed by atoms with Crippen LogP contribution in [0.15, 0.2) is 24.3 Å². The second-order valence-corrected chi connectivity index (χ2v) is 7.66. The van der Waals surface area contributed by atoms with E-state index in [-0.39, 0.29) is 10.7 Å². The highest BCUT2D eigenvalue weighted by Gasteiger charge is 2.29. The molecule has 1 aliphatic heterocycles. The van der Waals surface area contributed by atoms with E-state index in [2.05, 4.69) is 38.1 Å². The van der Waals surface area contributed by atoms with E-state index in [0.29, 0.717) is 6.04 Å². The topological polar surface area (TPSA) is 23.5 Å². The fourth-order valence-electron chi connectivity index (χ4n) is 1.91. The van der Waals surface area contributed by atoms with Gasteiger partial charge in [0.05, 0.1) is 10.7 Å². The van der Waals surface area contributed by atoms with E-state index in [4.69, 9.17) is 0 Å². The van der Waals surface area contributed by atoms with Crippen LogP contribution in [-0.2, 0) is 0 Å². The van der Waals surface area contributed by atoms with Crippen LogP contribution in [0.1, 0.15) is 17.2 Å². The molecule has 4 heteroatoms. The Morgan fingerprint density at radius 1 is 1.17 bits per heavy atom. The van der Waals surface area contributed by atoms with E-state index >= 15 is 0 Å². The first-order chi connectivity index (χ1) is 8.58.